The van der Waals surface area contributed by atoms with Crippen molar-refractivity contribution in [3.05, 3.63) is 77.3 Å². The maximum Gasteiger partial charge on any atom is 0.258 e. The van der Waals surface area contributed by atoms with Crippen molar-refractivity contribution in [2.24, 2.45) is 0 Å². The van der Waals surface area contributed by atoms with Gasteiger partial charge in [0.05, 0.1) is 0 Å². The van der Waals surface area contributed by atoms with Gasteiger partial charge < -0.3 is 19.3 Å². The predicted molar refractivity (Wildman–Crippen MR) is 111 cm³/mol. The number of hydrogen-bond acceptors (Lipinski definition) is 6. The van der Waals surface area contributed by atoms with Gasteiger partial charge in [-0.25, -0.2) is 0 Å². The molecule has 1 amide bonds. The molecule has 0 aliphatic carbocycles. The Morgan fingerprint density at radius 2 is 1.63 bits per heavy atom. The Hall–Kier alpha value is -3.84. The van der Waals surface area contributed by atoms with Gasteiger partial charge in [0, 0.05) is 33.5 Å². The highest BCUT2D eigenvalue weighted by atomic mass is 35.5. The molecule has 30 heavy (non-hydrogen) atoms. The number of halogens is 1. The fourth-order valence-corrected chi connectivity index (χ4v) is 3.12. The van der Waals surface area contributed by atoms with Gasteiger partial charge in [-0.3, -0.25) is 4.79 Å². The van der Waals surface area contributed by atoms with Crippen molar-refractivity contribution in [2.75, 3.05) is 12.1 Å². The zero-order valence-electron chi connectivity index (χ0n) is 15.5. The molecule has 4 aromatic rings. The summed E-state index contributed by atoms with van der Waals surface area (Å²) >= 11 is 5.91. The van der Waals surface area contributed by atoms with Crippen LogP contribution in [0.5, 0.6) is 11.5 Å². The van der Waals surface area contributed by atoms with Crippen LogP contribution in [0.15, 0.2) is 71.3 Å². The van der Waals surface area contributed by atoms with E-state index in [9.17, 15) is 4.79 Å². The predicted octanol–water partition coefficient (Wildman–Crippen LogP) is 5.04. The molecule has 0 saturated carbocycles. The number of benzene rings is 3. The number of nitrogens with one attached hydrogen (secondary N) is 1. The summed E-state index contributed by atoms with van der Waals surface area (Å²) in [6, 6.07) is 19.3. The Morgan fingerprint density at radius 1 is 0.900 bits per heavy atom. The van der Waals surface area contributed by atoms with Gasteiger partial charge in [-0.05, 0) is 60.7 Å². The van der Waals surface area contributed by atoms with E-state index < -0.39 is 0 Å². The molecule has 0 bridgehead atoms. The summed E-state index contributed by atoms with van der Waals surface area (Å²) in [5.41, 5.74) is 2.63. The number of carbonyl (C=O) groups is 1. The molecular formula is C22H14ClN3O4. The second-order valence-corrected chi connectivity index (χ2v) is 6.97. The molecule has 0 atom stereocenters. The number of nitrogens with zero attached hydrogens (tertiary/aromatic N) is 2. The molecule has 2 heterocycles. The first kappa shape index (κ1) is 18.2. The van der Waals surface area contributed by atoms with E-state index in [1.165, 1.54) is 0 Å². The van der Waals surface area contributed by atoms with Crippen LogP contribution in [0, 0.1) is 0 Å². The van der Waals surface area contributed by atoms with Crippen LogP contribution in [-0.2, 0) is 0 Å². The molecule has 3 aromatic carbocycles. The summed E-state index contributed by atoms with van der Waals surface area (Å²) in [5, 5.41) is 7.48. The lowest BCUT2D eigenvalue weighted by atomic mass is 10.1. The van der Waals surface area contributed by atoms with Crippen molar-refractivity contribution in [1.82, 2.24) is 10.1 Å². The fourth-order valence-electron chi connectivity index (χ4n) is 3.00. The quantitative estimate of drug-likeness (QED) is 0.498. The third kappa shape index (κ3) is 3.58. The molecule has 1 aromatic heterocycles. The van der Waals surface area contributed by atoms with Crippen LogP contribution in [0.4, 0.5) is 5.69 Å². The van der Waals surface area contributed by atoms with Gasteiger partial charge in [0.2, 0.25) is 12.6 Å². The summed E-state index contributed by atoms with van der Waals surface area (Å²) in [7, 11) is 0. The number of aromatic nitrogens is 2. The largest absolute Gasteiger partial charge is 0.454 e. The van der Waals surface area contributed by atoms with Gasteiger partial charge in [0.15, 0.2) is 11.5 Å². The summed E-state index contributed by atoms with van der Waals surface area (Å²) in [6.45, 7) is 0.184. The highest BCUT2D eigenvalue weighted by molar-refractivity contribution is 6.30. The third-order valence-electron chi connectivity index (χ3n) is 4.55. The van der Waals surface area contributed by atoms with Crippen molar-refractivity contribution in [2.45, 2.75) is 0 Å². The van der Waals surface area contributed by atoms with Crippen LogP contribution in [0.25, 0.3) is 22.8 Å². The Bertz CT molecular complexity index is 1220. The van der Waals surface area contributed by atoms with Gasteiger partial charge in [-0.1, -0.05) is 16.8 Å². The van der Waals surface area contributed by atoms with Crippen molar-refractivity contribution >= 4 is 23.2 Å². The summed E-state index contributed by atoms with van der Waals surface area (Å²) in [5.74, 6) is 1.85. The van der Waals surface area contributed by atoms with E-state index in [0.29, 0.717) is 45.1 Å². The topological polar surface area (TPSA) is 86.5 Å². The van der Waals surface area contributed by atoms with Gasteiger partial charge in [-0.2, -0.15) is 4.98 Å². The van der Waals surface area contributed by atoms with E-state index >= 15 is 0 Å². The Kier molecular flexibility index (Phi) is 4.57. The smallest absolute Gasteiger partial charge is 0.258 e. The molecule has 0 spiro atoms. The number of fused-ring (bicyclic) bond motifs is 1. The number of hydrogen-bond donors (Lipinski definition) is 1. The standard InChI is InChI=1S/C22H14ClN3O4/c23-16-7-5-13(6-8-16)20-25-22(30-26-20)15-3-1-14(2-4-15)21(27)24-17-9-10-18-19(11-17)29-12-28-18/h1-11H,12H2,(H,24,27). The maximum absolute atomic E-state index is 12.5. The minimum atomic E-state index is -0.243. The lowest BCUT2D eigenvalue weighted by Crippen LogP contribution is -2.11. The number of ether oxygens (including phenoxy) is 2. The van der Waals surface area contributed by atoms with E-state index in [2.05, 4.69) is 15.5 Å². The first-order valence-electron chi connectivity index (χ1n) is 9.07. The number of amides is 1. The van der Waals surface area contributed by atoms with Crippen molar-refractivity contribution in [3.63, 3.8) is 0 Å². The summed E-state index contributed by atoms with van der Waals surface area (Å²) in [6.07, 6.45) is 0. The molecule has 0 unspecified atom stereocenters. The van der Waals surface area contributed by atoms with E-state index in [-0.39, 0.29) is 12.7 Å². The van der Waals surface area contributed by atoms with Crippen molar-refractivity contribution < 1.29 is 18.8 Å². The van der Waals surface area contributed by atoms with E-state index in [1.54, 1.807) is 54.6 Å². The molecule has 8 heteroatoms. The SMILES string of the molecule is O=C(Nc1ccc2c(c1)OCO2)c1ccc(-c2nc(-c3ccc(Cl)cc3)no2)cc1. The van der Waals surface area contributed by atoms with Gasteiger partial charge in [0.1, 0.15) is 0 Å². The average molecular weight is 420 g/mol. The molecule has 0 saturated heterocycles. The van der Waals surface area contributed by atoms with Crippen LogP contribution < -0.4 is 14.8 Å². The maximum atomic E-state index is 12.5. The second-order valence-electron chi connectivity index (χ2n) is 6.53. The van der Waals surface area contributed by atoms with Crippen molar-refractivity contribution in [3.8, 4) is 34.3 Å². The molecule has 5 rings (SSSR count). The Balaban J connectivity index is 1.30. The number of carbonyl (C=O) groups excluding carboxylic acids is 1. The summed E-state index contributed by atoms with van der Waals surface area (Å²) < 4.78 is 16.0. The molecule has 0 fully saturated rings. The minimum absolute atomic E-state index is 0.184. The Labute approximate surface area is 176 Å². The van der Waals surface area contributed by atoms with Gasteiger partial charge >= 0.3 is 0 Å². The monoisotopic (exact) mass is 419 g/mol. The Morgan fingerprint density at radius 3 is 2.43 bits per heavy atom. The molecule has 0 radical (unpaired) electrons. The molecular weight excluding hydrogens is 406 g/mol. The summed E-state index contributed by atoms with van der Waals surface area (Å²) in [4.78, 5) is 16.9. The van der Waals surface area contributed by atoms with Crippen LogP contribution in [0.1, 0.15) is 10.4 Å². The fraction of sp³-hybridized carbons (Fsp3) is 0.0455. The highest BCUT2D eigenvalue weighted by Gasteiger charge is 2.15. The van der Waals surface area contributed by atoms with Crippen LogP contribution in [-0.4, -0.2) is 22.8 Å². The zero-order valence-corrected chi connectivity index (χ0v) is 16.2. The van der Waals surface area contributed by atoms with Crippen LogP contribution in [0.3, 0.4) is 0 Å². The van der Waals surface area contributed by atoms with Crippen LogP contribution in [0.2, 0.25) is 5.02 Å². The van der Waals surface area contributed by atoms with E-state index in [0.717, 1.165) is 5.56 Å². The molecule has 148 valence electrons. The van der Waals surface area contributed by atoms with Crippen LogP contribution >= 0.6 is 11.6 Å². The number of rotatable bonds is 4. The normalized spacial score (nSPS) is 12.0. The molecule has 7 nitrogen and oxygen atoms in total. The lowest BCUT2D eigenvalue weighted by Gasteiger charge is -2.06. The highest BCUT2D eigenvalue weighted by Crippen LogP contribution is 2.34. The lowest BCUT2D eigenvalue weighted by molar-refractivity contribution is 0.102. The van der Waals surface area contributed by atoms with Gasteiger partial charge in [0.25, 0.3) is 11.8 Å². The van der Waals surface area contributed by atoms with E-state index in [4.69, 9.17) is 25.6 Å². The third-order valence-corrected chi connectivity index (χ3v) is 4.80. The molecule has 1 aliphatic rings. The second kappa shape index (κ2) is 7.53. The molecule has 1 aliphatic heterocycles. The van der Waals surface area contributed by atoms with E-state index in [1.807, 2.05) is 12.1 Å². The van der Waals surface area contributed by atoms with Gasteiger partial charge in [-0.15, -0.1) is 0 Å². The minimum Gasteiger partial charge on any atom is -0.454 e. The first-order valence-corrected chi connectivity index (χ1v) is 9.44. The zero-order chi connectivity index (χ0) is 20.5. The number of anilines is 1. The average Bonchev–Trinajstić information content (AvgIpc) is 3.44. The molecule has 1 N–H and O–H groups in total. The first-order chi connectivity index (χ1) is 14.7. The van der Waals surface area contributed by atoms with Crippen molar-refractivity contribution in [1.29, 1.82) is 0 Å².